The van der Waals surface area contributed by atoms with E-state index in [1.165, 1.54) is 0 Å². The third kappa shape index (κ3) is 3.39. The van der Waals surface area contributed by atoms with Gasteiger partial charge < -0.3 is 9.80 Å². The highest BCUT2D eigenvalue weighted by Crippen LogP contribution is 2.55. The molecule has 1 amide bonds. The molecule has 1 aliphatic carbocycles. The summed E-state index contributed by atoms with van der Waals surface area (Å²) in [6.45, 7) is 3.91. The van der Waals surface area contributed by atoms with E-state index < -0.39 is 15.4 Å². The van der Waals surface area contributed by atoms with E-state index in [1.54, 1.807) is 11.1 Å². The standard InChI is InChI=1S/C26H29N5O3S/c1-4-16-14-31(15-16)24-21(29-35(3,33)34)11-18(12-28-24)17-6-7-20-19(10-17)23-22(13-27-20)30(2)25(32)26(23)8-5-9-26/h6-7,10-13,16,29H,4-5,8-9,14-15H2,1-3H3. The number of carbonyl (C=O) groups is 1. The number of pyridine rings is 2. The van der Waals surface area contributed by atoms with Crippen molar-refractivity contribution in [2.24, 2.45) is 5.92 Å². The fourth-order valence-corrected chi connectivity index (χ4v) is 6.34. The van der Waals surface area contributed by atoms with E-state index >= 15 is 0 Å². The third-order valence-electron chi connectivity index (χ3n) is 7.94. The van der Waals surface area contributed by atoms with Crippen molar-refractivity contribution < 1.29 is 13.2 Å². The van der Waals surface area contributed by atoms with Crippen LogP contribution in [0.15, 0.2) is 36.7 Å². The minimum atomic E-state index is -3.47. The topological polar surface area (TPSA) is 95.5 Å². The zero-order valence-electron chi connectivity index (χ0n) is 20.2. The molecule has 2 aromatic heterocycles. The number of hydrogen-bond donors (Lipinski definition) is 1. The van der Waals surface area contributed by atoms with Crippen LogP contribution in [0.25, 0.3) is 22.0 Å². The largest absolute Gasteiger partial charge is 0.354 e. The van der Waals surface area contributed by atoms with E-state index in [2.05, 4.69) is 32.6 Å². The van der Waals surface area contributed by atoms with Crippen LogP contribution < -0.4 is 14.5 Å². The van der Waals surface area contributed by atoms with Crippen molar-refractivity contribution in [3.05, 3.63) is 42.2 Å². The van der Waals surface area contributed by atoms with E-state index in [-0.39, 0.29) is 5.91 Å². The normalized spacial score (nSPS) is 19.1. The Hall–Kier alpha value is -3.20. The molecule has 0 unspecified atom stereocenters. The number of rotatable bonds is 5. The van der Waals surface area contributed by atoms with E-state index in [1.807, 2.05) is 31.4 Å². The second-order valence-electron chi connectivity index (χ2n) is 10.2. The van der Waals surface area contributed by atoms with Crippen LogP contribution in [0.5, 0.6) is 0 Å². The lowest BCUT2D eigenvalue weighted by Crippen LogP contribution is -2.47. The van der Waals surface area contributed by atoms with Crippen LogP contribution in [0.2, 0.25) is 0 Å². The number of hydrogen-bond acceptors (Lipinski definition) is 6. The lowest BCUT2D eigenvalue weighted by molar-refractivity contribution is -0.125. The second-order valence-corrected chi connectivity index (χ2v) is 11.9. The number of anilines is 3. The van der Waals surface area contributed by atoms with Crippen LogP contribution in [0.4, 0.5) is 17.2 Å². The molecule has 2 aliphatic heterocycles. The summed E-state index contributed by atoms with van der Waals surface area (Å²) in [5.74, 6) is 1.43. The van der Waals surface area contributed by atoms with E-state index in [0.29, 0.717) is 17.4 Å². The summed E-state index contributed by atoms with van der Waals surface area (Å²) in [5.41, 5.74) is 4.59. The number of benzene rings is 1. The van der Waals surface area contributed by atoms with Gasteiger partial charge in [-0.1, -0.05) is 19.4 Å². The van der Waals surface area contributed by atoms with Gasteiger partial charge in [0.25, 0.3) is 0 Å². The molecule has 1 N–H and O–H groups in total. The van der Waals surface area contributed by atoms with Gasteiger partial charge in [0.2, 0.25) is 15.9 Å². The number of carbonyl (C=O) groups excluding carboxylic acids is 1. The Kier molecular flexibility index (Phi) is 4.87. The Balaban J connectivity index is 1.46. The maximum Gasteiger partial charge on any atom is 0.237 e. The summed E-state index contributed by atoms with van der Waals surface area (Å²) >= 11 is 0. The number of nitrogens with one attached hydrogen (secondary N) is 1. The fourth-order valence-electron chi connectivity index (χ4n) is 5.79. The maximum atomic E-state index is 13.1. The van der Waals surface area contributed by atoms with E-state index in [4.69, 9.17) is 0 Å². The maximum absolute atomic E-state index is 13.1. The Bertz CT molecular complexity index is 1480. The molecular weight excluding hydrogens is 462 g/mol. The van der Waals surface area contributed by atoms with Gasteiger partial charge in [-0.05, 0) is 48.9 Å². The minimum absolute atomic E-state index is 0.157. The van der Waals surface area contributed by atoms with Gasteiger partial charge in [-0.15, -0.1) is 0 Å². The quantitative estimate of drug-likeness (QED) is 0.581. The number of sulfonamides is 1. The Morgan fingerprint density at radius 3 is 2.54 bits per heavy atom. The highest BCUT2D eigenvalue weighted by molar-refractivity contribution is 7.92. The third-order valence-corrected chi connectivity index (χ3v) is 8.53. The zero-order chi connectivity index (χ0) is 24.5. The number of amides is 1. The first-order chi connectivity index (χ1) is 16.7. The van der Waals surface area contributed by atoms with Crippen molar-refractivity contribution >= 4 is 44.0 Å². The molecule has 35 heavy (non-hydrogen) atoms. The van der Waals surface area contributed by atoms with E-state index in [0.717, 1.165) is 78.3 Å². The molecule has 3 aromatic rings. The summed E-state index contributed by atoms with van der Waals surface area (Å²) in [6.07, 6.45) is 8.63. The first kappa shape index (κ1) is 22.3. The molecular formula is C26H29N5O3S. The smallest absolute Gasteiger partial charge is 0.237 e. The molecule has 4 heterocycles. The molecule has 0 bridgehead atoms. The van der Waals surface area contributed by atoms with Crippen molar-refractivity contribution in [2.45, 2.75) is 38.0 Å². The Morgan fingerprint density at radius 2 is 1.89 bits per heavy atom. The molecule has 6 rings (SSSR count). The van der Waals surface area contributed by atoms with Crippen molar-refractivity contribution in [3.8, 4) is 11.1 Å². The fraction of sp³-hybridized carbons (Fsp3) is 0.423. The summed E-state index contributed by atoms with van der Waals surface area (Å²) < 4.78 is 26.9. The summed E-state index contributed by atoms with van der Waals surface area (Å²) in [7, 11) is -1.64. The molecule has 3 aliphatic rings. The second kappa shape index (κ2) is 7.65. The van der Waals surface area contributed by atoms with Crippen LogP contribution in [0.1, 0.15) is 38.2 Å². The molecule has 1 spiro atoms. The lowest BCUT2D eigenvalue weighted by atomic mass is 9.64. The Labute approximate surface area is 205 Å². The molecule has 0 radical (unpaired) electrons. The van der Waals surface area contributed by atoms with Crippen LogP contribution >= 0.6 is 0 Å². The van der Waals surface area contributed by atoms with Crippen LogP contribution in [0, 0.1) is 5.92 Å². The SMILES string of the molecule is CCC1CN(c2ncc(-c3ccc4ncc5c(c4c3)C3(CCC3)C(=O)N5C)cc2NS(C)(=O)=O)C1. The van der Waals surface area contributed by atoms with Crippen molar-refractivity contribution in [2.75, 3.05) is 40.9 Å². The minimum Gasteiger partial charge on any atom is -0.354 e. The first-order valence-electron chi connectivity index (χ1n) is 12.1. The molecule has 1 saturated carbocycles. The van der Waals surface area contributed by atoms with Gasteiger partial charge in [0, 0.05) is 42.8 Å². The molecule has 0 atom stereocenters. The lowest BCUT2D eigenvalue weighted by Gasteiger charge is -2.40. The molecule has 2 fully saturated rings. The van der Waals surface area contributed by atoms with Gasteiger partial charge >= 0.3 is 0 Å². The summed E-state index contributed by atoms with van der Waals surface area (Å²) in [6, 6.07) is 7.88. The summed E-state index contributed by atoms with van der Waals surface area (Å²) in [4.78, 5) is 26.3. The van der Waals surface area contributed by atoms with Crippen molar-refractivity contribution in [3.63, 3.8) is 0 Å². The number of nitrogens with zero attached hydrogens (tertiary/aromatic N) is 4. The monoisotopic (exact) mass is 491 g/mol. The average Bonchev–Trinajstić information content (AvgIpc) is 3.00. The molecule has 1 saturated heterocycles. The zero-order valence-corrected chi connectivity index (χ0v) is 21.0. The highest BCUT2D eigenvalue weighted by Gasteiger charge is 2.54. The van der Waals surface area contributed by atoms with Crippen LogP contribution in [-0.2, 0) is 20.2 Å². The average molecular weight is 492 g/mol. The molecule has 1 aromatic carbocycles. The van der Waals surface area contributed by atoms with Crippen molar-refractivity contribution in [1.29, 1.82) is 0 Å². The number of fused-ring (bicyclic) bond motifs is 4. The van der Waals surface area contributed by atoms with Gasteiger partial charge in [-0.3, -0.25) is 14.5 Å². The summed E-state index contributed by atoms with van der Waals surface area (Å²) in [5, 5.41) is 0.979. The van der Waals surface area contributed by atoms with Gasteiger partial charge in [-0.25, -0.2) is 13.4 Å². The van der Waals surface area contributed by atoms with Gasteiger partial charge in [0.05, 0.1) is 34.8 Å². The van der Waals surface area contributed by atoms with E-state index in [9.17, 15) is 13.2 Å². The van der Waals surface area contributed by atoms with Gasteiger partial charge in [-0.2, -0.15) is 0 Å². The molecule has 8 nitrogen and oxygen atoms in total. The van der Waals surface area contributed by atoms with Gasteiger partial charge in [0.15, 0.2) is 5.82 Å². The van der Waals surface area contributed by atoms with Gasteiger partial charge in [0.1, 0.15) is 0 Å². The van der Waals surface area contributed by atoms with Crippen LogP contribution in [-0.4, -0.2) is 50.7 Å². The Morgan fingerprint density at radius 1 is 1.11 bits per heavy atom. The number of likely N-dealkylation sites (N-methyl/N-ethyl adjacent to an activating group) is 1. The predicted molar refractivity (Wildman–Crippen MR) is 138 cm³/mol. The van der Waals surface area contributed by atoms with Crippen LogP contribution in [0.3, 0.4) is 0 Å². The number of aromatic nitrogens is 2. The first-order valence-corrected chi connectivity index (χ1v) is 14.0. The molecule has 182 valence electrons. The predicted octanol–water partition coefficient (Wildman–Crippen LogP) is 3.91. The molecule has 9 heteroatoms. The highest BCUT2D eigenvalue weighted by atomic mass is 32.2. The van der Waals surface area contributed by atoms with Crippen molar-refractivity contribution in [1.82, 2.24) is 9.97 Å².